The molecule has 4 rings (SSSR count). The van der Waals surface area contributed by atoms with Gasteiger partial charge in [-0.15, -0.1) is 0 Å². The Morgan fingerprint density at radius 1 is 1.06 bits per heavy atom. The highest BCUT2D eigenvalue weighted by atomic mass is 16.5. The molecule has 174 valence electrons. The third-order valence-corrected chi connectivity index (χ3v) is 6.28. The number of carbonyl (C=O) groups is 1. The maximum atomic E-state index is 12.7. The fourth-order valence-electron chi connectivity index (χ4n) is 4.39. The highest BCUT2D eigenvalue weighted by molar-refractivity contribution is 5.92. The molecule has 3 aromatic rings. The predicted octanol–water partition coefficient (Wildman–Crippen LogP) is 5.50. The van der Waals surface area contributed by atoms with Crippen molar-refractivity contribution in [1.29, 1.82) is 0 Å². The van der Waals surface area contributed by atoms with Gasteiger partial charge in [-0.2, -0.15) is 4.98 Å². The van der Waals surface area contributed by atoms with E-state index in [-0.39, 0.29) is 17.2 Å². The number of hydrogen-bond donors (Lipinski definition) is 1. The van der Waals surface area contributed by atoms with Gasteiger partial charge in [0.05, 0.1) is 6.54 Å². The van der Waals surface area contributed by atoms with Crippen LogP contribution in [0.4, 0.5) is 5.69 Å². The van der Waals surface area contributed by atoms with Crippen LogP contribution in [-0.2, 0) is 16.8 Å². The molecule has 0 spiro atoms. The lowest BCUT2D eigenvalue weighted by Gasteiger charge is -2.30. The smallest absolute Gasteiger partial charge is 0.241 e. The van der Waals surface area contributed by atoms with E-state index in [1.165, 1.54) is 5.56 Å². The van der Waals surface area contributed by atoms with Gasteiger partial charge in [0.1, 0.15) is 0 Å². The van der Waals surface area contributed by atoms with E-state index in [4.69, 9.17) is 4.52 Å². The summed E-state index contributed by atoms with van der Waals surface area (Å²) in [7, 11) is 0. The molecule has 1 fully saturated rings. The Morgan fingerprint density at radius 2 is 1.70 bits per heavy atom. The molecule has 0 saturated carbocycles. The van der Waals surface area contributed by atoms with Crippen molar-refractivity contribution in [3.05, 3.63) is 65.0 Å². The van der Waals surface area contributed by atoms with Crippen molar-refractivity contribution < 1.29 is 9.32 Å². The Hall–Kier alpha value is -2.99. The van der Waals surface area contributed by atoms with E-state index in [1.54, 1.807) is 0 Å². The first-order valence-corrected chi connectivity index (χ1v) is 11.7. The lowest BCUT2D eigenvalue weighted by atomic mass is 9.87. The normalized spacial score (nSPS) is 15.5. The van der Waals surface area contributed by atoms with Crippen LogP contribution in [0.3, 0.4) is 0 Å². The summed E-state index contributed by atoms with van der Waals surface area (Å²) < 4.78 is 5.51. The van der Waals surface area contributed by atoms with Crippen LogP contribution in [0.25, 0.3) is 11.4 Å². The first kappa shape index (κ1) is 23.2. The molecule has 0 radical (unpaired) electrons. The Bertz CT molecular complexity index is 1080. The maximum Gasteiger partial charge on any atom is 0.241 e. The number of piperidine rings is 1. The van der Waals surface area contributed by atoms with E-state index >= 15 is 0 Å². The molecule has 6 heteroatoms. The molecule has 1 aromatic heterocycles. The molecule has 1 N–H and O–H groups in total. The number of benzene rings is 2. The van der Waals surface area contributed by atoms with Gasteiger partial charge in [-0.1, -0.05) is 56.3 Å². The SMILES string of the molecule is Cc1cc(C)cc(NC(=O)C2CCN(Cc3nc(-c4ccc(C(C)(C)C)cc4)no3)CC2)c1. The minimum atomic E-state index is 0.0293. The molecule has 1 amide bonds. The second kappa shape index (κ2) is 9.48. The van der Waals surface area contributed by atoms with Crippen LogP contribution < -0.4 is 5.32 Å². The van der Waals surface area contributed by atoms with Crippen molar-refractivity contribution in [2.75, 3.05) is 18.4 Å². The number of hydrogen-bond acceptors (Lipinski definition) is 5. The number of likely N-dealkylation sites (tertiary alicyclic amines) is 1. The van der Waals surface area contributed by atoms with Crippen LogP contribution in [0.5, 0.6) is 0 Å². The van der Waals surface area contributed by atoms with Crippen molar-refractivity contribution in [3.8, 4) is 11.4 Å². The van der Waals surface area contributed by atoms with Crippen LogP contribution in [0.1, 0.15) is 56.2 Å². The third kappa shape index (κ3) is 5.88. The number of carbonyl (C=O) groups excluding carboxylic acids is 1. The van der Waals surface area contributed by atoms with E-state index in [0.29, 0.717) is 18.3 Å². The number of aryl methyl sites for hydroxylation is 2. The van der Waals surface area contributed by atoms with Gasteiger partial charge >= 0.3 is 0 Å². The molecule has 2 aromatic carbocycles. The molecule has 33 heavy (non-hydrogen) atoms. The Balaban J connectivity index is 1.30. The lowest BCUT2D eigenvalue weighted by Crippen LogP contribution is -2.37. The maximum absolute atomic E-state index is 12.7. The zero-order valence-electron chi connectivity index (χ0n) is 20.3. The highest BCUT2D eigenvalue weighted by Gasteiger charge is 2.26. The van der Waals surface area contributed by atoms with E-state index in [2.05, 4.69) is 71.5 Å². The van der Waals surface area contributed by atoms with E-state index in [0.717, 1.165) is 48.3 Å². The van der Waals surface area contributed by atoms with Gasteiger partial charge in [0.25, 0.3) is 0 Å². The molecular formula is C27H34N4O2. The topological polar surface area (TPSA) is 71.3 Å². The van der Waals surface area contributed by atoms with Gasteiger partial charge in [-0.3, -0.25) is 9.69 Å². The highest BCUT2D eigenvalue weighted by Crippen LogP contribution is 2.26. The number of amides is 1. The van der Waals surface area contributed by atoms with Crippen LogP contribution in [0.15, 0.2) is 47.0 Å². The number of rotatable bonds is 5. The lowest BCUT2D eigenvalue weighted by molar-refractivity contribution is -0.121. The molecule has 2 heterocycles. The van der Waals surface area contributed by atoms with Gasteiger partial charge in [0, 0.05) is 17.2 Å². The molecule has 1 saturated heterocycles. The van der Waals surface area contributed by atoms with Crippen molar-refractivity contribution >= 4 is 11.6 Å². The van der Waals surface area contributed by atoms with Crippen LogP contribution in [0, 0.1) is 19.8 Å². The summed E-state index contributed by atoms with van der Waals surface area (Å²) in [5, 5.41) is 7.27. The molecule has 0 atom stereocenters. The van der Waals surface area contributed by atoms with Gasteiger partial charge in [-0.05, 0) is 74.0 Å². The van der Waals surface area contributed by atoms with E-state index < -0.39 is 0 Å². The van der Waals surface area contributed by atoms with Crippen LogP contribution in [-0.4, -0.2) is 34.0 Å². The number of nitrogens with zero attached hydrogens (tertiary/aromatic N) is 3. The van der Waals surface area contributed by atoms with Crippen LogP contribution in [0.2, 0.25) is 0 Å². The summed E-state index contributed by atoms with van der Waals surface area (Å²) in [6.07, 6.45) is 1.65. The van der Waals surface area contributed by atoms with Gasteiger partial charge in [0.2, 0.25) is 17.6 Å². The Labute approximate surface area is 196 Å². The van der Waals surface area contributed by atoms with Gasteiger partial charge in [0.15, 0.2) is 0 Å². The van der Waals surface area contributed by atoms with Crippen molar-refractivity contribution in [2.45, 2.75) is 59.4 Å². The molecule has 0 bridgehead atoms. The summed E-state index contributed by atoms with van der Waals surface area (Å²) in [5.41, 5.74) is 5.55. The summed E-state index contributed by atoms with van der Waals surface area (Å²) in [6.45, 7) is 13.0. The van der Waals surface area contributed by atoms with Gasteiger partial charge in [-0.25, -0.2) is 0 Å². The zero-order valence-corrected chi connectivity index (χ0v) is 20.3. The van der Waals surface area contributed by atoms with Crippen molar-refractivity contribution in [3.63, 3.8) is 0 Å². The average molecular weight is 447 g/mol. The third-order valence-electron chi connectivity index (χ3n) is 6.28. The molecule has 1 aliphatic heterocycles. The minimum Gasteiger partial charge on any atom is -0.338 e. The molecule has 1 aliphatic rings. The minimum absolute atomic E-state index is 0.0293. The summed E-state index contributed by atoms with van der Waals surface area (Å²) >= 11 is 0. The molecule has 0 unspecified atom stereocenters. The van der Waals surface area contributed by atoms with E-state index in [1.807, 2.05) is 26.0 Å². The quantitative estimate of drug-likeness (QED) is 0.560. The summed E-state index contributed by atoms with van der Waals surface area (Å²) in [6, 6.07) is 14.5. The summed E-state index contributed by atoms with van der Waals surface area (Å²) in [5.74, 6) is 1.37. The monoisotopic (exact) mass is 446 g/mol. The second-order valence-corrected chi connectivity index (χ2v) is 10.3. The summed E-state index contributed by atoms with van der Waals surface area (Å²) in [4.78, 5) is 19.6. The fraction of sp³-hybridized carbons (Fsp3) is 0.444. The first-order chi connectivity index (χ1) is 15.7. The molecule has 6 nitrogen and oxygen atoms in total. The largest absolute Gasteiger partial charge is 0.338 e. The standard InChI is InChI=1S/C27H34N4O2/c1-18-14-19(2)16-23(15-18)28-26(32)21-10-12-31(13-11-21)17-24-29-25(30-33-24)20-6-8-22(9-7-20)27(3,4)5/h6-9,14-16,21H,10-13,17H2,1-5H3,(H,28,32). The average Bonchev–Trinajstić information content (AvgIpc) is 3.21. The van der Waals surface area contributed by atoms with Crippen molar-refractivity contribution in [2.24, 2.45) is 5.92 Å². The number of anilines is 1. The second-order valence-electron chi connectivity index (χ2n) is 10.3. The van der Waals surface area contributed by atoms with Crippen LogP contribution >= 0.6 is 0 Å². The van der Waals surface area contributed by atoms with E-state index in [9.17, 15) is 4.79 Å². The predicted molar refractivity (Wildman–Crippen MR) is 131 cm³/mol. The molecule has 0 aliphatic carbocycles. The Morgan fingerprint density at radius 3 is 2.30 bits per heavy atom. The number of nitrogens with one attached hydrogen (secondary N) is 1. The Kier molecular flexibility index (Phi) is 6.66. The first-order valence-electron chi connectivity index (χ1n) is 11.7. The zero-order chi connectivity index (χ0) is 23.6. The van der Waals surface area contributed by atoms with Crippen molar-refractivity contribution in [1.82, 2.24) is 15.0 Å². The molecular weight excluding hydrogens is 412 g/mol. The van der Waals surface area contributed by atoms with Gasteiger partial charge < -0.3 is 9.84 Å². The number of aromatic nitrogens is 2. The fourth-order valence-corrected chi connectivity index (χ4v) is 4.39.